The van der Waals surface area contributed by atoms with Crippen LogP contribution in [-0.2, 0) is 9.84 Å². The Morgan fingerprint density at radius 3 is 1.63 bits per heavy atom. The van der Waals surface area contributed by atoms with E-state index in [1.165, 1.54) is 0 Å². The number of benzene rings is 1. The summed E-state index contributed by atoms with van der Waals surface area (Å²) in [5.74, 6) is -0.922. The molecular weight excluding hydrogens is 584 g/mol. The summed E-state index contributed by atoms with van der Waals surface area (Å²) in [6.07, 6.45) is 0.951. The summed E-state index contributed by atoms with van der Waals surface area (Å²) in [5.41, 5.74) is 0.656. The van der Waals surface area contributed by atoms with Crippen LogP contribution in [0.4, 0.5) is 0 Å². The van der Waals surface area contributed by atoms with Crippen molar-refractivity contribution in [2.75, 3.05) is 6.26 Å². The van der Waals surface area contributed by atoms with Crippen LogP contribution in [-0.4, -0.2) is 38.9 Å². The van der Waals surface area contributed by atoms with E-state index in [4.69, 9.17) is 81.2 Å². The van der Waals surface area contributed by atoms with Gasteiger partial charge in [0.05, 0.1) is 21.2 Å². The molecule has 0 radical (unpaired) electrons. The molecule has 6 nitrogen and oxygen atoms in total. The highest BCUT2D eigenvalue weighted by Gasteiger charge is 2.40. The number of sulfone groups is 1. The largest absolute Gasteiger partial charge is 0.271 e. The molecule has 0 bridgehead atoms. The Kier molecular flexibility index (Phi) is 8.50. The molecule has 0 fully saturated rings. The molecular formula is C15H7Cl7N2O4S2. The Hall–Kier alpha value is -0.160. The second kappa shape index (κ2) is 9.77. The van der Waals surface area contributed by atoms with Crippen molar-refractivity contribution in [1.82, 2.24) is 9.29 Å². The van der Waals surface area contributed by atoms with Gasteiger partial charge < -0.3 is 0 Å². The van der Waals surface area contributed by atoms with Crippen molar-refractivity contribution in [3.05, 3.63) is 55.7 Å². The number of nitrogens with zero attached hydrogens (tertiary/aromatic N) is 2. The van der Waals surface area contributed by atoms with Gasteiger partial charge in [0.1, 0.15) is 4.90 Å². The van der Waals surface area contributed by atoms with Crippen molar-refractivity contribution in [3.63, 3.8) is 0 Å². The number of amides is 2. The predicted molar refractivity (Wildman–Crippen MR) is 122 cm³/mol. The molecule has 0 atom stereocenters. The Labute approximate surface area is 210 Å². The van der Waals surface area contributed by atoms with Gasteiger partial charge in [-0.15, -0.1) is 0 Å². The molecule has 30 heavy (non-hydrogen) atoms. The number of rotatable bonds is 2. The van der Waals surface area contributed by atoms with Crippen LogP contribution < -0.4 is 0 Å². The molecule has 0 unspecified atom stereocenters. The molecule has 2 aromatic rings. The van der Waals surface area contributed by atoms with E-state index in [0.717, 1.165) is 10.6 Å². The minimum atomic E-state index is -3.58. The van der Waals surface area contributed by atoms with Crippen LogP contribution in [0.3, 0.4) is 0 Å². The smallest absolute Gasteiger partial charge is 0.268 e. The molecule has 15 heteroatoms. The summed E-state index contributed by atoms with van der Waals surface area (Å²) in [5, 5.41) is -0.824. The van der Waals surface area contributed by atoms with Crippen molar-refractivity contribution < 1.29 is 18.0 Å². The van der Waals surface area contributed by atoms with E-state index in [2.05, 4.69) is 4.98 Å². The highest BCUT2D eigenvalue weighted by molar-refractivity contribution is 8.03. The maximum Gasteiger partial charge on any atom is 0.271 e. The number of pyridine rings is 1. The second-order valence-corrected chi connectivity index (χ2v) is 12.9. The van der Waals surface area contributed by atoms with Crippen molar-refractivity contribution in [3.8, 4) is 0 Å². The molecule has 0 aliphatic carbocycles. The topological polar surface area (TPSA) is 84.4 Å². The summed E-state index contributed by atoms with van der Waals surface area (Å²) >= 11 is 39.5. The van der Waals surface area contributed by atoms with E-state index in [1.807, 2.05) is 0 Å². The molecule has 2 heterocycles. The SMILES string of the molecule is CS(=O)(=O)c1c(Cl)c(Cl)nc(Cl)c1Cl.O=C1c2ccccc2C(=O)N1SC(Cl)(Cl)Cl. The summed E-state index contributed by atoms with van der Waals surface area (Å²) < 4.78 is 21.6. The number of imide groups is 1. The van der Waals surface area contributed by atoms with Gasteiger partial charge in [-0.2, -0.15) is 0 Å². The van der Waals surface area contributed by atoms with E-state index >= 15 is 0 Å². The Morgan fingerprint density at radius 2 is 1.30 bits per heavy atom. The molecule has 0 saturated heterocycles. The molecule has 3 rings (SSSR count). The zero-order valence-electron chi connectivity index (χ0n) is 14.3. The first kappa shape index (κ1) is 26.1. The Bertz CT molecular complexity index is 1080. The molecule has 1 aliphatic heterocycles. The van der Waals surface area contributed by atoms with E-state index in [-0.39, 0.29) is 25.2 Å². The number of carbonyl (C=O) groups excluding carboxylic acids is 2. The fourth-order valence-corrected chi connectivity index (χ4v) is 5.86. The van der Waals surface area contributed by atoms with Crippen LogP contribution in [0, 0.1) is 0 Å². The number of alkyl halides is 3. The number of hydrogen-bond donors (Lipinski definition) is 0. The number of fused-ring (bicyclic) bond motifs is 1. The molecule has 0 N–H and O–H groups in total. The van der Waals surface area contributed by atoms with Gasteiger partial charge in [0, 0.05) is 18.2 Å². The van der Waals surface area contributed by atoms with Crippen LogP contribution >= 0.6 is 93.2 Å². The van der Waals surface area contributed by atoms with Crippen molar-refractivity contribution >= 4 is 115 Å². The Balaban J connectivity index is 0.000000216. The number of halogens is 7. The lowest BCUT2D eigenvalue weighted by Crippen LogP contribution is -2.25. The highest BCUT2D eigenvalue weighted by atomic mass is 35.6. The maximum absolute atomic E-state index is 11.8. The van der Waals surface area contributed by atoms with Crippen LogP contribution in [0.2, 0.25) is 20.4 Å². The first-order valence-corrected chi connectivity index (χ1v) is 12.6. The minimum absolute atomic E-state index is 0.193. The molecule has 0 spiro atoms. The number of hydrogen-bond acceptors (Lipinski definition) is 6. The summed E-state index contributed by atoms with van der Waals surface area (Å²) in [6.45, 7) is 0. The second-order valence-electron chi connectivity index (χ2n) is 5.41. The van der Waals surface area contributed by atoms with Crippen LogP contribution in [0.1, 0.15) is 20.7 Å². The van der Waals surface area contributed by atoms with Crippen molar-refractivity contribution in [2.24, 2.45) is 0 Å². The summed E-state index contributed by atoms with van der Waals surface area (Å²) in [7, 11) is -3.58. The van der Waals surface area contributed by atoms with Gasteiger partial charge >= 0.3 is 0 Å². The third kappa shape index (κ3) is 5.99. The minimum Gasteiger partial charge on any atom is -0.268 e. The highest BCUT2D eigenvalue weighted by Crippen LogP contribution is 2.44. The van der Waals surface area contributed by atoms with Crippen LogP contribution in [0.25, 0.3) is 0 Å². The molecule has 1 aromatic carbocycles. The van der Waals surface area contributed by atoms with Crippen molar-refractivity contribution in [1.29, 1.82) is 0 Å². The van der Waals surface area contributed by atoms with Gasteiger partial charge in [-0.25, -0.2) is 17.7 Å². The number of carbonyl (C=O) groups is 2. The van der Waals surface area contributed by atoms with Gasteiger partial charge in [0.2, 0.25) is 0 Å². The van der Waals surface area contributed by atoms with Crippen LogP contribution in [0.5, 0.6) is 0 Å². The van der Waals surface area contributed by atoms with Gasteiger partial charge in [0.25, 0.3) is 14.9 Å². The van der Waals surface area contributed by atoms with Gasteiger partial charge in [-0.1, -0.05) is 93.3 Å². The zero-order valence-corrected chi connectivity index (χ0v) is 21.2. The van der Waals surface area contributed by atoms with Gasteiger partial charge in [-0.05, 0) is 12.1 Å². The van der Waals surface area contributed by atoms with E-state index < -0.39 is 24.8 Å². The van der Waals surface area contributed by atoms with Gasteiger partial charge in [0.15, 0.2) is 20.1 Å². The third-order valence-electron chi connectivity index (χ3n) is 3.28. The van der Waals surface area contributed by atoms with E-state index in [9.17, 15) is 18.0 Å². The monoisotopic (exact) mass is 588 g/mol. The maximum atomic E-state index is 11.8. The zero-order chi connectivity index (χ0) is 23.0. The lowest BCUT2D eigenvalue weighted by Gasteiger charge is -2.17. The number of aromatic nitrogens is 1. The molecule has 1 aromatic heterocycles. The predicted octanol–water partition coefficient (Wildman–Crippen LogP) is 6.36. The first-order valence-electron chi connectivity index (χ1n) is 7.29. The fraction of sp³-hybridized carbons (Fsp3) is 0.133. The van der Waals surface area contributed by atoms with Crippen LogP contribution in [0.15, 0.2) is 29.2 Å². The standard InChI is InChI=1S/C9H4Cl3NO2S.C6H3Cl4NO2S/c10-9(11,12)16-13-7(14)5-3-1-2-4-6(5)8(13)15;1-14(12,13)4-2(7)5(9)11-6(10)3(4)8/h1-4H;1H3. The molecule has 1 aliphatic rings. The Morgan fingerprint density at radius 1 is 0.900 bits per heavy atom. The lowest BCUT2D eigenvalue weighted by atomic mass is 10.1. The third-order valence-corrected chi connectivity index (χ3v) is 7.47. The molecule has 2 amide bonds. The van der Waals surface area contributed by atoms with E-state index in [1.54, 1.807) is 24.3 Å². The quantitative estimate of drug-likeness (QED) is 0.175. The van der Waals surface area contributed by atoms with E-state index in [0.29, 0.717) is 23.1 Å². The normalized spacial score (nSPS) is 13.8. The molecule has 0 saturated carbocycles. The fourth-order valence-electron chi connectivity index (χ4n) is 2.15. The first-order chi connectivity index (χ1) is 13.6. The average Bonchev–Trinajstić information content (AvgIpc) is 2.84. The average molecular weight is 592 g/mol. The summed E-state index contributed by atoms with van der Waals surface area (Å²) in [4.78, 5) is 26.8. The molecule has 162 valence electrons. The van der Waals surface area contributed by atoms with Crippen molar-refractivity contribution in [2.45, 2.75) is 8.02 Å². The summed E-state index contributed by atoms with van der Waals surface area (Å²) in [6, 6.07) is 6.48. The van der Waals surface area contributed by atoms with Gasteiger partial charge in [-0.3, -0.25) is 9.59 Å². The lowest BCUT2D eigenvalue weighted by molar-refractivity contribution is 0.0777.